The Hall–Kier alpha value is -2.15. The van der Waals surface area contributed by atoms with E-state index in [0.29, 0.717) is 0 Å². The second-order valence-electron chi connectivity index (χ2n) is 8.68. The van der Waals surface area contributed by atoms with E-state index in [1.807, 2.05) is 30.2 Å². The van der Waals surface area contributed by atoms with Gasteiger partial charge in [-0.15, -0.1) is 5.92 Å². The molecule has 4 nitrogen and oxygen atoms in total. The number of aryl methyl sites for hydroxylation is 1. The van der Waals surface area contributed by atoms with Crippen molar-refractivity contribution in [2.75, 3.05) is 0 Å². The highest BCUT2D eigenvalue weighted by Crippen LogP contribution is 2.33. The monoisotopic (exact) mass is 376 g/mol. The molecule has 0 amide bonds. The molecule has 2 aliphatic rings. The van der Waals surface area contributed by atoms with Gasteiger partial charge in [-0.2, -0.15) is 5.10 Å². The van der Waals surface area contributed by atoms with Crippen LogP contribution in [0.3, 0.4) is 0 Å². The fraction of sp³-hybridized carbons (Fsp3) is 0.625. The molecule has 1 atom stereocenters. The molecule has 0 aliphatic heterocycles. The van der Waals surface area contributed by atoms with Gasteiger partial charge in [-0.25, -0.2) is 9.97 Å². The number of hydrogen-bond donors (Lipinski definition) is 0. The van der Waals surface area contributed by atoms with Crippen molar-refractivity contribution < 1.29 is 0 Å². The Bertz CT molecular complexity index is 847. The molecule has 148 valence electrons. The van der Waals surface area contributed by atoms with Gasteiger partial charge in [0.1, 0.15) is 5.82 Å². The van der Waals surface area contributed by atoms with Crippen molar-refractivity contribution >= 4 is 0 Å². The van der Waals surface area contributed by atoms with Crippen molar-refractivity contribution in [2.24, 2.45) is 18.9 Å². The average Bonchev–Trinajstić information content (AvgIpc) is 3.06. The Morgan fingerprint density at radius 3 is 2.64 bits per heavy atom. The maximum absolute atomic E-state index is 4.87. The number of rotatable bonds is 5. The molecular weight excluding hydrogens is 344 g/mol. The lowest BCUT2D eigenvalue weighted by atomic mass is 9.81. The first-order valence-corrected chi connectivity index (χ1v) is 11.0. The van der Waals surface area contributed by atoms with Crippen LogP contribution in [0.4, 0.5) is 0 Å². The zero-order chi connectivity index (χ0) is 19.3. The number of hydrogen-bond acceptors (Lipinski definition) is 3. The quantitative estimate of drug-likeness (QED) is 0.665. The van der Waals surface area contributed by atoms with Gasteiger partial charge in [0.25, 0.3) is 0 Å². The van der Waals surface area contributed by atoms with E-state index in [4.69, 9.17) is 4.98 Å². The molecule has 0 radical (unpaired) electrons. The fourth-order valence-electron chi connectivity index (χ4n) is 4.43. The number of nitrogens with zero attached hydrogens (tertiary/aromatic N) is 4. The Kier molecular flexibility index (Phi) is 6.10. The van der Waals surface area contributed by atoms with E-state index in [1.165, 1.54) is 57.1 Å². The van der Waals surface area contributed by atoms with E-state index in [0.717, 1.165) is 41.8 Å². The van der Waals surface area contributed by atoms with Crippen LogP contribution >= 0.6 is 0 Å². The van der Waals surface area contributed by atoms with Gasteiger partial charge in [-0.05, 0) is 44.1 Å². The standard InChI is InChI=1S/C24H32N4/c1-18(8-6-11-19-9-4-3-5-10-19)24-25-15-14-22(27-24)21-17-26-28(2)23(21)16-20-12-7-13-20/h14-15,17-20H,3-5,7,9-13,16H2,1-2H3. The van der Waals surface area contributed by atoms with Crippen molar-refractivity contribution in [3.05, 3.63) is 30.0 Å². The molecule has 2 aliphatic carbocycles. The predicted molar refractivity (Wildman–Crippen MR) is 113 cm³/mol. The molecule has 4 rings (SSSR count). The minimum Gasteiger partial charge on any atom is -0.272 e. The Morgan fingerprint density at radius 1 is 1.11 bits per heavy atom. The van der Waals surface area contributed by atoms with Gasteiger partial charge in [-0.1, -0.05) is 44.4 Å². The smallest absolute Gasteiger partial charge is 0.143 e. The van der Waals surface area contributed by atoms with Crippen molar-refractivity contribution in [3.63, 3.8) is 0 Å². The van der Waals surface area contributed by atoms with E-state index in [1.54, 1.807) is 0 Å². The topological polar surface area (TPSA) is 43.6 Å². The van der Waals surface area contributed by atoms with Gasteiger partial charge in [0.2, 0.25) is 0 Å². The highest BCUT2D eigenvalue weighted by Gasteiger charge is 2.22. The van der Waals surface area contributed by atoms with Crippen molar-refractivity contribution in [1.29, 1.82) is 0 Å². The fourth-order valence-corrected chi connectivity index (χ4v) is 4.43. The summed E-state index contributed by atoms with van der Waals surface area (Å²) < 4.78 is 2.02. The summed E-state index contributed by atoms with van der Waals surface area (Å²) in [5, 5.41) is 4.51. The Labute approximate surface area is 169 Å². The molecule has 2 aromatic rings. The zero-order valence-corrected chi connectivity index (χ0v) is 17.3. The summed E-state index contributed by atoms with van der Waals surface area (Å²) in [4.78, 5) is 9.38. The molecule has 2 fully saturated rings. The molecule has 1 unspecified atom stereocenters. The summed E-state index contributed by atoms with van der Waals surface area (Å²) in [5.74, 6) is 9.32. The molecule has 2 aromatic heterocycles. The van der Waals surface area contributed by atoms with E-state index in [9.17, 15) is 0 Å². The molecule has 2 saturated carbocycles. The first kappa shape index (κ1) is 19.2. The van der Waals surface area contributed by atoms with Crippen LogP contribution in [0.1, 0.15) is 82.1 Å². The average molecular weight is 377 g/mol. The van der Waals surface area contributed by atoms with Crippen molar-refractivity contribution in [3.8, 4) is 23.1 Å². The largest absolute Gasteiger partial charge is 0.272 e. The lowest BCUT2D eigenvalue weighted by Gasteiger charge is -2.25. The maximum atomic E-state index is 4.87. The molecular formula is C24H32N4. The van der Waals surface area contributed by atoms with Crippen LogP contribution in [0.5, 0.6) is 0 Å². The summed E-state index contributed by atoms with van der Waals surface area (Å²) in [6.07, 6.45) is 16.9. The van der Waals surface area contributed by atoms with Gasteiger partial charge in [0, 0.05) is 30.9 Å². The third-order valence-corrected chi connectivity index (χ3v) is 6.54. The van der Waals surface area contributed by atoms with Gasteiger partial charge in [-0.3, -0.25) is 4.68 Å². The minimum absolute atomic E-state index is 0.0651. The maximum Gasteiger partial charge on any atom is 0.143 e. The summed E-state index contributed by atoms with van der Waals surface area (Å²) in [6.45, 7) is 2.12. The predicted octanol–water partition coefficient (Wildman–Crippen LogP) is 5.30. The molecule has 4 heteroatoms. The van der Waals surface area contributed by atoms with Crippen LogP contribution in [-0.4, -0.2) is 19.7 Å². The van der Waals surface area contributed by atoms with Gasteiger partial charge < -0.3 is 0 Å². The summed E-state index contributed by atoms with van der Waals surface area (Å²) in [7, 11) is 2.04. The molecule has 28 heavy (non-hydrogen) atoms. The van der Waals surface area contributed by atoms with E-state index >= 15 is 0 Å². The summed E-state index contributed by atoms with van der Waals surface area (Å²) in [6, 6.07) is 2.01. The SMILES string of the molecule is CC(C#CCC1CCCCC1)c1nccc(-c2cnn(C)c2CC2CCC2)n1. The molecule has 0 aromatic carbocycles. The first-order chi connectivity index (χ1) is 13.7. The summed E-state index contributed by atoms with van der Waals surface area (Å²) >= 11 is 0. The van der Waals surface area contributed by atoms with Crippen LogP contribution in [0.25, 0.3) is 11.3 Å². The highest BCUT2D eigenvalue weighted by atomic mass is 15.3. The lowest BCUT2D eigenvalue weighted by molar-refractivity contribution is 0.309. The van der Waals surface area contributed by atoms with Crippen molar-refractivity contribution in [1.82, 2.24) is 19.7 Å². The molecule has 0 spiro atoms. The zero-order valence-electron chi connectivity index (χ0n) is 17.3. The second kappa shape index (κ2) is 8.90. The van der Waals surface area contributed by atoms with Crippen LogP contribution in [0.2, 0.25) is 0 Å². The Balaban J connectivity index is 1.47. The first-order valence-electron chi connectivity index (χ1n) is 11.0. The Morgan fingerprint density at radius 2 is 1.89 bits per heavy atom. The summed E-state index contributed by atoms with van der Waals surface area (Å²) in [5.41, 5.74) is 3.43. The van der Waals surface area contributed by atoms with Crippen LogP contribution in [0.15, 0.2) is 18.5 Å². The second-order valence-corrected chi connectivity index (χ2v) is 8.68. The van der Waals surface area contributed by atoms with Gasteiger partial charge in [0.15, 0.2) is 0 Å². The van der Waals surface area contributed by atoms with Crippen LogP contribution in [-0.2, 0) is 13.5 Å². The van der Waals surface area contributed by atoms with Crippen molar-refractivity contribution in [2.45, 2.75) is 77.0 Å². The molecule has 0 saturated heterocycles. The van der Waals surface area contributed by atoms with E-state index < -0.39 is 0 Å². The van der Waals surface area contributed by atoms with E-state index in [-0.39, 0.29) is 5.92 Å². The lowest BCUT2D eigenvalue weighted by Crippen LogP contribution is -2.16. The number of aromatic nitrogens is 4. The normalized spacial score (nSPS) is 18.9. The van der Waals surface area contributed by atoms with Crippen LogP contribution in [0, 0.1) is 23.7 Å². The van der Waals surface area contributed by atoms with Gasteiger partial charge >= 0.3 is 0 Å². The third kappa shape index (κ3) is 4.46. The highest BCUT2D eigenvalue weighted by molar-refractivity contribution is 5.61. The molecule has 2 heterocycles. The molecule has 0 N–H and O–H groups in total. The molecule has 0 bridgehead atoms. The third-order valence-electron chi connectivity index (χ3n) is 6.54. The van der Waals surface area contributed by atoms with E-state index in [2.05, 4.69) is 28.8 Å². The van der Waals surface area contributed by atoms with Crippen LogP contribution < -0.4 is 0 Å². The van der Waals surface area contributed by atoms with Gasteiger partial charge in [0.05, 0.1) is 17.8 Å². The minimum atomic E-state index is 0.0651.